The lowest BCUT2D eigenvalue weighted by molar-refractivity contribution is 0.0696. The first kappa shape index (κ1) is 13.9. The summed E-state index contributed by atoms with van der Waals surface area (Å²) in [4.78, 5) is 11.0. The maximum Gasteiger partial charge on any atom is 0.335 e. The molecule has 0 bridgehead atoms. The van der Waals surface area contributed by atoms with Gasteiger partial charge in [0.05, 0.1) is 12.2 Å². The maximum absolute atomic E-state index is 11.0. The minimum atomic E-state index is -0.986. The van der Waals surface area contributed by atoms with Crippen LogP contribution in [0.3, 0.4) is 0 Å². The summed E-state index contributed by atoms with van der Waals surface area (Å²) in [6, 6.07) is 14.4. The van der Waals surface area contributed by atoms with Crippen LogP contribution >= 0.6 is 0 Å². The molecule has 104 valence electrons. The summed E-state index contributed by atoms with van der Waals surface area (Å²) in [7, 11) is 0. The third-order valence-electron chi connectivity index (χ3n) is 2.73. The van der Waals surface area contributed by atoms with Crippen LogP contribution in [0.2, 0.25) is 0 Å². The molecule has 0 atom stereocenters. The Balaban J connectivity index is 2.16. The molecule has 2 aromatic rings. The van der Waals surface area contributed by atoms with Gasteiger partial charge in [-0.25, -0.2) is 4.79 Å². The van der Waals surface area contributed by atoms with Gasteiger partial charge in [0.1, 0.15) is 6.61 Å². The molecule has 0 spiro atoms. The molecule has 0 aliphatic rings. The summed E-state index contributed by atoms with van der Waals surface area (Å²) in [5.41, 5.74) is 1.22. The number of ether oxygens (including phenoxy) is 2. The smallest absolute Gasteiger partial charge is 0.335 e. The molecule has 20 heavy (non-hydrogen) atoms. The van der Waals surface area contributed by atoms with Gasteiger partial charge in [-0.2, -0.15) is 0 Å². The van der Waals surface area contributed by atoms with Crippen LogP contribution in [0.1, 0.15) is 22.8 Å². The van der Waals surface area contributed by atoms with Crippen LogP contribution in [0.4, 0.5) is 0 Å². The summed E-state index contributed by atoms with van der Waals surface area (Å²) in [6.45, 7) is 2.70. The number of hydrogen-bond donors (Lipinski definition) is 1. The average molecular weight is 272 g/mol. The van der Waals surface area contributed by atoms with Crippen LogP contribution < -0.4 is 9.47 Å². The van der Waals surface area contributed by atoms with Crippen molar-refractivity contribution in [1.82, 2.24) is 0 Å². The minimum Gasteiger partial charge on any atom is -0.490 e. The first-order chi connectivity index (χ1) is 9.70. The van der Waals surface area contributed by atoms with Gasteiger partial charge < -0.3 is 14.6 Å². The van der Waals surface area contributed by atoms with E-state index in [-0.39, 0.29) is 5.56 Å². The predicted octanol–water partition coefficient (Wildman–Crippen LogP) is 3.36. The maximum atomic E-state index is 11.0. The van der Waals surface area contributed by atoms with Crippen LogP contribution in [-0.4, -0.2) is 17.7 Å². The number of carbonyl (C=O) groups is 1. The number of aromatic carboxylic acids is 1. The Kier molecular flexibility index (Phi) is 4.60. The Morgan fingerprint density at radius 3 is 2.45 bits per heavy atom. The molecule has 4 nitrogen and oxygen atoms in total. The fourth-order valence-electron chi connectivity index (χ4n) is 1.76. The minimum absolute atomic E-state index is 0.181. The van der Waals surface area contributed by atoms with E-state index >= 15 is 0 Å². The molecular formula is C16H16O4. The molecule has 0 saturated heterocycles. The molecule has 1 N–H and O–H groups in total. The van der Waals surface area contributed by atoms with Gasteiger partial charge in [0.25, 0.3) is 0 Å². The van der Waals surface area contributed by atoms with Crippen LogP contribution in [0.25, 0.3) is 0 Å². The van der Waals surface area contributed by atoms with E-state index in [1.807, 2.05) is 37.3 Å². The Bertz CT molecular complexity index is 578. The lowest BCUT2D eigenvalue weighted by atomic mass is 10.2. The molecule has 0 aromatic heterocycles. The third-order valence-corrected chi connectivity index (χ3v) is 2.73. The monoisotopic (exact) mass is 272 g/mol. The largest absolute Gasteiger partial charge is 0.490 e. The van der Waals surface area contributed by atoms with Crippen LogP contribution in [0.5, 0.6) is 11.5 Å². The highest BCUT2D eigenvalue weighted by Crippen LogP contribution is 2.29. The molecule has 0 saturated carbocycles. The highest BCUT2D eigenvalue weighted by molar-refractivity contribution is 5.88. The molecule has 0 aliphatic heterocycles. The fraction of sp³-hybridized carbons (Fsp3) is 0.188. The molecule has 4 heteroatoms. The fourth-order valence-corrected chi connectivity index (χ4v) is 1.76. The van der Waals surface area contributed by atoms with Gasteiger partial charge in [-0.05, 0) is 30.7 Å². The predicted molar refractivity (Wildman–Crippen MR) is 75.3 cm³/mol. The second-order valence-corrected chi connectivity index (χ2v) is 4.17. The zero-order valence-corrected chi connectivity index (χ0v) is 11.2. The number of benzene rings is 2. The molecule has 2 rings (SSSR count). The normalized spacial score (nSPS) is 10.1. The summed E-state index contributed by atoms with van der Waals surface area (Å²) in [6.07, 6.45) is 0. The van der Waals surface area contributed by atoms with E-state index in [9.17, 15) is 4.79 Å². The summed E-state index contributed by atoms with van der Waals surface area (Å²) in [5, 5.41) is 8.98. The van der Waals surface area contributed by atoms with Gasteiger partial charge in [0, 0.05) is 0 Å². The Morgan fingerprint density at radius 2 is 1.80 bits per heavy atom. The van der Waals surface area contributed by atoms with E-state index in [0.29, 0.717) is 24.7 Å². The van der Waals surface area contributed by atoms with Crippen LogP contribution in [-0.2, 0) is 6.61 Å². The van der Waals surface area contributed by atoms with E-state index < -0.39 is 5.97 Å². The van der Waals surface area contributed by atoms with Crippen LogP contribution in [0, 0.1) is 0 Å². The zero-order valence-electron chi connectivity index (χ0n) is 11.2. The Hall–Kier alpha value is -2.49. The number of rotatable bonds is 6. The molecule has 0 fully saturated rings. The van der Waals surface area contributed by atoms with E-state index in [1.165, 1.54) is 12.1 Å². The Morgan fingerprint density at radius 1 is 1.05 bits per heavy atom. The quantitative estimate of drug-likeness (QED) is 0.876. The second-order valence-electron chi connectivity index (χ2n) is 4.17. The molecule has 0 unspecified atom stereocenters. The highest BCUT2D eigenvalue weighted by atomic mass is 16.5. The van der Waals surface area contributed by atoms with Crippen molar-refractivity contribution >= 4 is 5.97 Å². The van der Waals surface area contributed by atoms with Gasteiger partial charge >= 0.3 is 5.97 Å². The molecular weight excluding hydrogens is 256 g/mol. The SMILES string of the molecule is CCOc1cc(C(=O)O)ccc1OCc1ccccc1. The van der Waals surface area contributed by atoms with Gasteiger partial charge in [-0.1, -0.05) is 30.3 Å². The topological polar surface area (TPSA) is 55.8 Å². The summed E-state index contributed by atoms with van der Waals surface area (Å²) < 4.78 is 11.1. The van der Waals surface area contributed by atoms with Gasteiger partial charge in [-0.15, -0.1) is 0 Å². The van der Waals surface area contributed by atoms with E-state index in [1.54, 1.807) is 6.07 Å². The van der Waals surface area contributed by atoms with Crippen molar-refractivity contribution in [3.63, 3.8) is 0 Å². The molecule has 0 heterocycles. The highest BCUT2D eigenvalue weighted by Gasteiger charge is 2.10. The van der Waals surface area contributed by atoms with E-state index in [4.69, 9.17) is 14.6 Å². The van der Waals surface area contributed by atoms with Gasteiger partial charge in [-0.3, -0.25) is 0 Å². The van der Waals surface area contributed by atoms with Crippen molar-refractivity contribution in [2.24, 2.45) is 0 Å². The first-order valence-corrected chi connectivity index (χ1v) is 6.37. The Labute approximate surface area is 117 Å². The summed E-state index contributed by atoms with van der Waals surface area (Å²) >= 11 is 0. The van der Waals surface area contributed by atoms with E-state index in [0.717, 1.165) is 5.56 Å². The van der Waals surface area contributed by atoms with Crippen molar-refractivity contribution in [3.05, 3.63) is 59.7 Å². The second kappa shape index (κ2) is 6.61. The lowest BCUT2D eigenvalue weighted by Gasteiger charge is -2.12. The molecule has 0 aliphatic carbocycles. The van der Waals surface area contributed by atoms with Crippen molar-refractivity contribution < 1.29 is 19.4 Å². The van der Waals surface area contributed by atoms with Gasteiger partial charge in [0.2, 0.25) is 0 Å². The summed E-state index contributed by atoms with van der Waals surface area (Å²) in [5.74, 6) is 0.00426. The van der Waals surface area contributed by atoms with E-state index in [2.05, 4.69) is 0 Å². The zero-order chi connectivity index (χ0) is 14.4. The number of hydrogen-bond acceptors (Lipinski definition) is 3. The van der Waals surface area contributed by atoms with Crippen molar-refractivity contribution in [3.8, 4) is 11.5 Å². The molecule has 2 aromatic carbocycles. The van der Waals surface area contributed by atoms with Gasteiger partial charge in [0.15, 0.2) is 11.5 Å². The van der Waals surface area contributed by atoms with Crippen molar-refractivity contribution in [2.75, 3.05) is 6.61 Å². The lowest BCUT2D eigenvalue weighted by Crippen LogP contribution is -2.02. The standard InChI is InChI=1S/C16H16O4/c1-2-19-15-10-13(16(17)18)8-9-14(15)20-11-12-6-4-3-5-7-12/h3-10H,2,11H2,1H3,(H,17,18). The molecule has 0 amide bonds. The number of carboxylic acid groups (broad SMARTS) is 1. The van der Waals surface area contributed by atoms with Crippen molar-refractivity contribution in [2.45, 2.75) is 13.5 Å². The number of carboxylic acids is 1. The third kappa shape index (κ3) is 3.51. The average Bonchev–Trinajstić information content (AvgIpc) is 2.47. The first-order valence-electron chi connectivity index (χ1n) is 6.37. The molecule has 0 radical (unpaired) electrons. The van der Waals surface area contributed by atoms with Crippen LogP contribution in [0.15, 0.2) is 48.5 Å². The van der Waals surface area contributed by atoms with Crippen molar-refractivity contribution in [1.29, 1.82) is 0 Å².